The molecular formula is C11H18N2O2S. The van der Waals surface area contributed by atoms with Crippen LogP contribution in [-0.2, 0) is 4.79 Å². The largest absolute Gasteiger partial charge is 0.416 e. The number of nitrogens with zero attached hydrogens (tertiary/aromatic N) is 2. The second-order valence-corrected chi connectivity index (χ2v) is 5.95. The van der Waals surface area contributed by atoms with E-state index in [1.165, 1.54) is 11.8 Å². The molecule has 0 aliphatic rings. The van der Waals surface area contributed by atoms with Crippen LogP contribution < -0.4 is 0 Å². The Morgan fingerprint density at radius 1 is 1.38 bits per heavy atom. The smallest absolute Gasteiger partial charge is 0.277 e. The molecule has 1 heterocycles. The lowest BCUT2D eigenvalue weighted by Gasteiger charge is -2.14. The second kappa shape index (κ2) is 4.99. The van der Waals surface area contributed by atoms with Gasteiger partial charge in [0.25, 0.3) is 5.22 Å². The van der Waals surface area contributed by atoms with E-state index >= 15 is 0 Å². The van der Waals surface area contributed by atoms with E-state index in [4.69, 9.17) is 4.42 Å². The summed E-state index contributed by atoms with van der Waals surface area (Å²) in [6.45, 7) is 9.69. The van der Waals surface area contributed by atoms with Gasteiger partial charge in [-0.1, -0.05) is 46.4 Å². The van der Waals surface area contributed by atoms with Crippen molar-refractivity contribution in [3.05, 3.63) is 5.89 Å². The van der Waals surface area contributed by atoms with Crippen LogP contribution >= 0.6 is 11.8 Å². The molecule has 0 bridgehead atoms. The summed E-state index contributed by atoms with van der Waals surface area (Å²) >= 11 is 1.30. The minimum Gasteiger partial charge on any atom is -0.416 e. The van der Waals surface area contributed by atoms with Crippen molar-refractivity contribution >= 4 is 17.5 Å². The first kappa shape index (κ1) is 13.2. The lowest BCUT2D eigenvalue weighted by Crippen LogP contribution is -2.21. The standard InChI is InChI=1S/C11H18N2O2S/c1-7(2)9-12-13-10(15-9)16-6-8(14)11(3,4)5/h7H,6H2,1-5H3. The molecule has 0 amide bonds. The van der Waals surface area contributed by atoms with Crippen LogP contribution in [0.1, 0.15) is 46.4 Å². The molecule has 90 valence electrons. The minimum absolute atomic E-state index is 0.182. The van der Waals surface area contributed by atoms with Gasteiger partial charge in [-0.05, 0) is 0 Å². The highest BCUT2D eigenvalue weighted by Gasteiger charge is 2.22. The molecule has 4 nitrogen and oxygen atoms in total. The predicted molar refractivity (Wildman–Crippen MR) is 63.6 cm³/mol. The molecule has 16 heavy (non-hydrogen) atoms. The summed E-state index contributed by atoms with van der Waals surface area (Å²) in [6.07, 6.45) is 0. The van der Waals surface area contributed by atoms with E-state index in [2.05, 4.69) is 10.2 Å². The van der Waals surface area contributed by atoms with Gasteiger partial charge in [-0.25, -0.2) is 0 Å². The van der Waals surface area contributed by atoms with Crippen LogP contribution in [0.15, 0.2) is 9.64 Å². The van der Waals surface area contributed by atoms with Crippen LogP contribution in [0.2, 0.25) is 0 Å². The monoisotopic (exact) mass is 242 g/mol. The summed E-state index contributed by atoms with van der Waals surface area (Å²) in [5.74, 6) is 1.40. The third-order valence-corrected chi connectivity index (χ3v) is 2.90. The fraction of sp³-hybridized carbons (Fsp3) is 0.727. The van der Waals surface area contributed by atoms with Gasteiger partial charge < -0.3 is 4.42 Å². The van der Waals surface area contributed by atoms with Crippen LogP contribution in [0.25, 0.3) is 0 Å². The molecule has 0 N–H and O–H groups in total. The molecular weight excluding hydrogens is 224 g/mol. The topological polar surface area (TPSA) is 56.0 Å². The number of carbonyl (C=O) groups is 1. The van der Waals surface area contributed by atoms with Crippen molar-refractivity contribution < 1.29 is 9.21 Å². The first-order valence-corrected chi connectivity index (χ1v) is 6.28. The van der Waals surface area contributed by atoms with E-state index in [0.29, 0.717) is 16.9 Å². The molecule has 0 unspecified atom stereocenters. The quantitative estimate of drug-likeness (QED) is 0.760. The van der Waals surface area contributed by atoms with Crippen molar-refractivity contribution in [1.29, 1.82) is 0 Å². The van der Waals surface area contributed by atoms with Gasteiger partial charge in [0.1, 0.15) is 5.78 Å². The Balaban J connectivity index is 2.52. The summed E-state index contributed by atoms with van der Waals surface area (Å²) < 4.78 is 5.40. The second-order valence-electron chi connectivity index (χ2n) is 5.02. The van der Waals surface area contributed by atoms with Crippen LogP contribution in [0, 0.1) is 5.41 Å². The average molecular weight is 242 g/mol. The number of aromatic nitrogens is 2. The summed E-state index contributed by atoms with van der Waals surface area (Å²) in [5, 5.41) is 8.27. The maximum Gasteiger partial charge on any atom is 0.277 e. The first-order chi connectivity index (χ1) is 7.30. The highest BCUT2D eigenvalue weighted by molar-refractivity contribution is 7.99. The van der Waals surface area contributed by atoms with Crippen LogP contribution in [0.4, 0.5) is 0 Å². The molecule has 0 spiro atoms. The first-order valence-electron chi connectivity index (χ1n) is 5.30. The minimum atomic E-state index is -0.312. The Hall–Kier alpha value is -0.840. The Morgan fingerprint density at radius 2 is 2.00 bits per heavy atom. The van der Waals surface area contributed by atoms with E-state index in [0.717, 1.165) is 0 Å². The van der Waals surface area contributed by atoms with Crippen molar-refractivity contribution in [1.82, 2.24) is 10.2 Å². The molecule has 0 aliphatic heterocycles. The van der Waals surface area contributed by atoms with Gasteiger partial charge in [0.2, 0.25) is 5.89 Å². The molecule has 1 aromatic rings. The molecule has 0 aromatic carbocycles. The van der Waals surface area contributed by atoms with Gasteiger partial charge in [-0.3, -0.25) is 4.79 Å². The lowest BCUT2D eigenvalue weighted by atomic mass is 9.92. The van der Waals surface area contributed by atoms with Gasteiger partial charge in [-0.2, -0.15) is 0 Å². The number of ketones is 1. The van der Waals surface area contributed by atoms with Crippen molar-refractivity contribution in [3.8, 4) is 0 Å². The summed E-state index contributed by atoms with van der Waals surface area (Å²) in [6, 6.07) is 0. The molecule has 0 atom stereocenters. The van der Waals surface area contributed by atoms with E-state index in [9.17, 15) is 4.79 Å². The van der Waals surface area contributed by atoms with Crippen molar-refractivity contribution in [2.24, 2.45) is 5.41 Å². The molecule has 5 heteroatoms. The number of thioether (sulfide) groups is 1. The average Bonchev–Trinajstić information content (AvgIpc) is 2.60. The van der Waals surface area contributed by atoms with E-state index in [1.807, 2.05) is 34.6 Å². The van der Waals surface area contributed by atoms with E-state index in [1.54, 1.807) is 0 Å². The number of hydrogen-bond acceptors (Lipinski definition) is 5. The van der Waals surface area contributed by atoms with Gasteiger partial charge >= 0.3 is 0 Å². The highest BCUT2D eigenvalue weighted by Crippen LogP contribution is 2.23. The number of carbonyl (C=O) groups excluding carboxylic acids is 1. The zero-order valence-electron chi connectivity index (χ0n) is 10.4. The van der Waals surface area contributed by atoms with E-state index < -0.39 is 0 Å². The van der Waals surface area contributed by atoms with Crippen molar-refractivity contribution in [2.75, 3.05) is 5.75 Å². The summed E-state index contributed by atoms with van der Waals surface area (Å²) in [7, 11) is 0. The van der Waals surface area contributed by atoms with Crippen molar-refractivity contribution in [2.45, 2.75) is 45.8 Å². The SMILES string of the molecule is CC(C)c1nnc(SCC(=O)C(C)(C)C)o1. The lowest BCUT2D eigenvalue weighted by molar-refractivity contribution is -0.123. The van der Waals surface area contributed by atoms with Crippen molar-refractivity contribution in [3.63, 3.8) is 0 Å². The van der Waals surface area contributed by atoms with Gasteiger partial charge in [-0.15, -0.1) is 10.2 Å². The van der Waals surface area contributed by atoms with Gasteiger partial charge in [0, 0.05) is 11.3 Å². The molecule has 0 aliphatic carbocycles. The normalized spacial score (nSPS) is 12.1. The number of rotatable bonds is 4. The zero-order valence-corrected chi connectivity index (χ0v) is 11.2. The third kappa shape index (κ3) is 3.63. The Bertz CT molecular complexity index is 366. The molecule has 0 saturated carbocycles. The van der Waals surface area contributed by atoms with Crippen LogP contribution in [0.5, 0.6) is 0 Å². The van der Waals surface area contributed by atoms with Gasteiger partial charge in [0.15, 0.2) is 0 Å². The van der Waals surface area contributed by atoms with Crippen LogP contribution in [-0.4, -0.2) is 21.7 Å². The predicted octanol–water partition coefficient (Wildman–Crippen LogP) is 2.90. The Labute approximate surface area is 100 Å². The maximum absolute atomic E-state index is 11.7. The van der Waals surface area contributed by atoms with Crippen LogP contribution in [0.3, 0.4) is 0 Å². The number of hydrogen-bond donors (Lipinski definition) is 0. The molecule has 1 rings (SSSR count). The number of Topliss-reactive ketones (excluding diaryl/α,β-unsaturated/α-hetero) is 1. The summed E-state index contributed by atoms with van der Waals surface area (Å²) in [5.41, 5.74) is -0.312. The molecule has 0 fully saturated rings. The highest BCUT2D eigenvalue weighted by atomic mass is 32.2. The van der Waals surface area contributed by atoms with Gasteiger partial charge in [0.05, 0.1) is 5.75 Å². The molecule has 1 aromatic heterocycles. The Morgan fingerprint density at radius 3 is 2.44 bits per heavy atom. The zero-order chi connectivity index (χ0) is 12.3. The molecule has 0 radical (unpaired) electrons. The van der Waals surface area contributed by atoms with E-state index in [-0.39, 0.29) is 17.1 Å². The fourth-order valence-corrected chi connectivity index (χ4v) is 1.79. The third-order valence-electron chi connectivity index (χ3n) is 2.08. The maximum atomic E-state index is 11.7. The summed E-state index contributed by atoms with van der Waals surface area (Å²) in [4.78, 5) is 11.7. The molecule has 0 saturated heterocycles. The fourth-order valence-electron chi connectivity index (χ4n) is 0.856. The Kier molecular flexibility index (Phi) is 4.13.